The Labute approximate surface area is 294 Å². The fraction of sp³-hybridized carbons (Fsp3) is 0.676. The zero-order chi connectivity index (χ0) is 35.5. The molecule has 1 saturated heterocycles. The quantitative estimate of drug-likeness (QED) is 0.283. The van der Waals surface area contributed by atoms with Gasteiger partial charge in [-0.05, 0) is 68.4 Å². The van der Waals surface area contributed by atoms with Gasteiger partial charge in [-0.3, -0.25) is 24.0 Å². The van der Waals surface area contributed by atoms with Gasteiger partial charge in [-0.25, -0.2) is 0 Å². The number of rotatable bonds is 13. The van der Waals surface area contributed by atoms with Crippen molar-refractivity contribution < 1.29 is 33.5 Å². The molecular formula is C37H51ClN4O7. The van der Waals surface area contributed by atoms with Crippen molar-refractivity contribution in [1.29, 1.82) is 0 Å². The molecule has 0 bridgehead atoms. The van der Waals surface area contributed by atoms with E-state index in [1.807, 2.05) is 39.8 Å². The minimum absolute atomic E-state index is 0.0475. The van der Waals surface area contributed by atoms with Gasteiger partial charge in [0.15, 0.2) is 5.60 Å². The Kier molecular flexibility index (Phi) is 11.5. The number of halogens is 1. The number of methoxy groups -OCH3 is 1. The van der Waals surface area contributed by atoms with Crippen molar-refractivity contribution in [3.63, 3.8) is 0 Å². The summed E-state index contributed by atoms with van der Waals surface area (Å²) in [5.74, 6) is -2.20. The summed E-state index contributed by atoms with van der Waals surface area (Å²) in [6.45, 7) is 7.58. The van der Waals surface area contributed by atoms with E-state index < -0.39 is 52.5 Å². The average molecular weight is 699 g/mol. The van der Waals surface area contributed by atoms with Gasteiger partial charge < -0.3 is 25.1 Å². The van der Waals surface area contributed by atoms with E-state index in [4.69, 9.17) is 21.2 Å². The lowest BCUT2D eigenvalue weighted by Crippen LogP contribution is -2.59. The summed E-state index contributed by atoms with van der Waals surface area (Å²) in [4.78, 5) is 75.9. The van der Waals surface area contributed by atoms with E-state index in [0.29, 0.717) is 42.8 Å². The average Bonchev–Trinajstić information content (AvgIpc) is 3.66. The molecule has 3 amide bonds. The van der Waals surface area contributed by atoms with Gasteiger partial charge in [0.05, 0.1) is 24.4 Å². The molecule has 2 N–H and O–H groups in total. The van der Waals surface area contributed by atoms with Crippen LogP contribution in [0, 0.1) is 17.3 Å². The molecule has 49 heavy (non-hydrogen) atoms. The van der Waals surface area contributed by atoms with Gasteiger partial charge in [0, 0.05) is 42.9 Å². The fourth-order valence-electron chi connectivity index (χ4n) is 7.29. The minimum Gasteiger partial charge on any atom is -0.387 e. The first-order valence-electron chi connectivity index (χ1n) is 17.8. The lowest BCUT2D eigenvalue weighted by atomic mass is 9.83. The Morgan fingerprint density at radius 2 is 1.78 bits per heavy atom. The zero-order valence-corrected chi connectivity index (χ0v) is 30.1. The molecule has 4 aliphatic rings. The second-order valence-electron chi connectivity index (χ2n) is 15.5. The number of amides is 3. The molecule has 1 spiro atoms. The number of hydrogen-bond acceptors (Lipinski definition) is 8. The molecule has 2 saturated carbocycles. The summed E-state index contributed by atoms with van der Waals surface area (Å²) in [6, 6.07) is 4.30. The number of oxime groups is 1. The maximum atomic E-state index is 14.6. The van der Waals surface area contributed by atoms with Crippen LogP contribution in [0.4, 0.5) is 0 Å². The molecule has 1 aromatic rings. The molecule has 12 heteroatoms. The molecule has 268 valence electrons. The van der Waals surface area contributed by atoms with Gasteiger partial charge in [-0.1, -0.05) is 63.0 Å². The number of ether oxygens (including phenoxy) is 1. The van der Waals surface area contributed by atoms with Gasteiger partial charge in [0.25, 0.3) is 0 Å². The van der Waals surface area contributed by atoms with E-state index in [0.717, 1.165) is 31.2 Å². The highest BCUT2D eigenvalue weighted by Gasteiger charge is 2.56. The molecule has 5 rings (SSSR count). The topological polar surface area (TPSA) is 143 Å². The SMILES string of the molecule is CCC[C@H](NC(=O)[C@@H]1C[C@]2(CC(c3cccc(Cl)c3)=NO2)CN1C(=O)[C@@H](NC(=O)C1CCC(OC)CC1)C(C)(C)C)C(=O)C(=O)CC1CC1. The van der Waals surface area contributed by atoms with E-state index in [2.05, 4.69) is 15.8 Å². The standard InChI is InChI=1S/C37H51ClN4O7/c1-6-8-27(31(44)30(43)17-22-11-12-22)39-34(46)29-20-37(19-28(41-49-37)24-9-7-10-25(38)18-24)21-42(29)35(47)32(36(2,3)4)40-33(45)23-13-15-26(48-5)16-14-23/h7,9-10,18,22-23,26-27,29,32H,6,8,11-17,19-21H2,1-5H3,(H,39,46)(H,40,45)/t23?,26?,27-,29-,32+,37+/m0/s1. The molecule has 0 radical (unpaired) electrons. The van der Waals surface area contributed by atoms with Crippen LogP contribution in [-0.2, 0) is 33.5 Å². The van der Waals surface area contributed by atoms with Gasteiger partial charge in [0.2, 0.25) is 29.3 Å². The van der Waals surface area contributed by atoms with Crippen LogP contribution in [0.3, 0.4) is 0 Å². The van der Waals surface area contributed by atoms with Gasteiger partial charge >= 0.3 is 0 Å². The monoisotopic (exact) mass is 698 g/mol. The van der Waals surface area contributed by atoms with Crippen molar-refractivity contribution in [1.82, 2.24) is 15.5 Å². The number of hydrogen-bond donors (Lipinski definition) is 2. The van der Waals surface area contributed by atoms with E-state index in [9.17, 15) is 24.0 Å². The zero-order valence-electron chi connectivity index (χ0n) is 29.4. The third kappa shape index (κ3) is 8.89. The van der Waals surface area contributed by atoms with E-state index in [-0.39, 0.29) is 43.2 Å². The molecule has 4 atom stereocenters. The third-order valence-corrected chi connectivity index (χ3v) is 10.7. The number of Topliss-reactive ketones (excluding diaryl/α,β-unsaturated/α-hetero) is 2. The maximum absolute atomic E-state index is 14.6. The van der Waals surface area contributed by atoms with E-state index in [1.165, 1.54) is 4.90 Å². The molecule has 2 aliphatic carbocycles. The second-order valence-corrected chi connectivity index (χ2v) is 15.9. The van der Waals surface area contributed by atoms with Crippen molar-refractivity contribution >= 4 is 46.6 Å². The van der Waals surface area contributed by atoms with Gasteiger partial charge in [0.1, 0.15) is 12.1 Å². The predicted molar refractivity (Wildman–Crippen MR) is 185 cm³/mol. The highest BCUT2D eigenvalue weighted by molar-refractivity contribution is 6.39. The second kappa shape index (κ2) is 15.3. The van der Waals surface area contributed by atoms with Crippen molar-refractivity contribution in [2.24, 2.45) is 22.4 Å². The molecule has 3 fully saturated rings. The van der Waals surface area contributed by atoms with Crippen LogP contribution in [0.1, 0.15) is 104 Å². The smallest absolute Gasteiger partial charge is 0.246 e. The fourth-order valence-corrected chi connectivity index (χ4v) is 7.48. The molecule has 1 aromatic carbocycles. The Hall–Kier alpha value is -3.31. The molecular weight excluding hydrogens is 648 g/mol. The molecule has 11 nitrogen and oxygen atoms in total. The van der Waals surface area contributed by atoms with Crippen LogP contribution in [0.25, 0.3) is 0 Å². The van der Waals surface area contributed by atoms with Crippen molar-refractivity contribution in [2.45, 2.75) is 128 Å². The minimum atomic E-state index is -1.02. The Bertz CT molecular complexity index is 1460. The molecule has 2 aliphatic heterocycles. The van der Waals surface area contributed by atoms with Gasteiger partial charge in [-0.15, -0.1) is 0 Å². The van der Waals surface area contributed by atoms with Crippen molar-refractivity contribution in [3.05, 3.63) is 34.9 Å². The third-order valence-electron chi connectivity index (χ3n) is 10.4. The summed E-state index contributed by atoms with van der Waals surface area (Å²) < 4.78 is 5.47. The van der Waals surface area contributed by atoms with Crippen LogP contribution in [0.5, 0.6) is 0 Å². The largest absolute Gasteiger partial charge is 0.387 e. The van der Waals surface area contributed by atoms with Crippen LogP contribution in [0.15, 0.2) is 29.4 Å². The summed E-state index contributed by atoms with van der Waals surface area (Å²) in [5.41, 5.74) is -0.275. The molecule has 0 unspecified atom stereocenters. The number of nitrogens with zero attached hydrogens (tertiary/aromatic N) is 2. The van der Waals surface area contributed by atoms with Gasteiger partial charge in [-0.2, -0.15) is 0 Å². The molecule has 0 aromatic heterocycles. The first-order chi connectivity index (χ1) is 23.2. The first kappa shape index (κ1) is 37.0. The summed E-state index contributed by atoms with van der Waals surface area (Å²) in [5, 5.41) is 10.8. The summed E-state index contributed by atoms with van der Waals surface area (Å²) in [6.07, 6.45) is 6.39. The van der Waals surface area contributed by atoms with Crippen LogP contribution in [0.2, 0.25) is 5.02 Å². The summed E-state index contributed by atoms with van der Waals surface area (Å²) >= 11 is 6.25. The summed E-state index contributed by atoms with van der Waals surface area (Å²) in [7, 11) is 1.68. The van der Waals surface area contributed by atoms with Crippen LogP contribution < -0.4 is 10.6 Å². The number of carbonyl (C=O) groups excluding carboxylic acids is 5. The Morgan fingerprint density at radius 3 is 2.39 bits per heavy atom. The Balaban J connectivity index is 1.39. The van der Waals surface area contributed by atoms with Crippen LogP contribution in [-0.4, -0.2) is 83.4 Å². The number of benzene rings is 1. The number of carbonyl (C=O) groups is 5. The number of ketones is 2. The number of likely N-dealkylation sites (tertiary alicyclic amines) is 1. The normalized spacial score (nSPS) is 26.4. The predicted octanol–water partition coefficient (Wildman–Crippen LogP) is 4.76. The maximum Gasteiger partial charge on any atom is 0.246 e. The lowest BCUT2D eigenvalue weighted by molar-refractivity contribution is -0.146. The Morgan fingerprint density at radius 1 is 1.06 bits per heavy atom. The number of nitrogens with one attached hydrogen (secondary N) is 2. The lowest BCUT2D eigenvalue weighted by Gasteiger charge is -2.37. The van der Waals surface area contributed by atoms with Crippen molar-refractivity contribution in [3.8, 4) is 0 Å². The van der Waals surface area contributed by atoms with Crippen LogP contribution >= 0.6 is 11.6 Å². The van der Waals surface area contributed by atoms with Crippen molar-refractivity contribution in [2.75, 3.05) is 13.7 Å². The van der Waals surface area contributed by atoms with E-state index in [1.54, 1.807) is 19.2 Å². The molecule has 2 heterocycles. The highest BCUT2D eigenvalue weighted by atomic mass is 35.5. The first-order valence-corrected chi connectivity index (χ1v) is 18.1. The van der Waals surface area contributed by atoms with E-state index >= 15 is 0 Å². The highest BCUT2D eigenvalue weighted by Crippen LogP contribution is 2.40.